The van der Waals surface area contributed by atoms with Gasteiger partial charge in [-0.3, -0.25) is 4.79 Å². The molecule has 3 heterocycles. The summed E-state index contributed by atoms with van der Waals surface area (Å²) in [5.41, 5.74) is 9.99. The molecule has 0 saturated heterocycles. The van der Waals surface area contributed by atoms with E-state index in [9.17, 15) is 4.79 Å². The standard InChI is InChI=1S/C19H15ClN4OS/c1-11-6-5-7-12(2)16(11)26-17(20)15(23-19(26)18(21)25)13-10-22-24-9-4-3-8-14(13)24/h3-10H,1-2H3,(H-,21,25)/p+1. The fourth-order valence-corrected chi connectivity index (χ4v) is 5.77. The number of carbonyl (C=O) groups is 1. The van der Waals surface area contributed by atoms with Crippen LogP contribution in [0, 0.1) is 13.8 Å². The smallest absolute Gasteiger partial charge is 0.339 e. The Morgan fingerprint density at radius 1 is 1.15 bits per heavy atom. The third-order valence-electron chi connectivity index (χ3n) is 4.28. The monoisotopic (exact) mass is 383 g/mol. The van der Waals surface area contributed by atoms with E-state index in [0.717, 1.165) is 27.1 Å². The minimum Gasteiger partial charge on any atom is -0.360 e. The summed E-state index contributed by atoms with van der Waals surface area (Å²) in [5.74, 6) is -0.555. The predicted octanol–water partition coefficient (Wildman–Crippen LogP) is 4.50. The van der Waals surface area contributed by atoms with Gasteiger partial charge in [0.2, 0.25) is 0 Å². The molecule has 0 spiro atoms. The molecule has 7 heteroatoms. The average Bonchev–Trinajstić information content (AvgIpc) is 3.17. The van der Waals surface area contributed by atoms with E-state index in [1.165, 1.54) is 0 Å². The molecule has 130 valence electrons. The molecule has 1 unspecified atom stereocenters. The lowest BCUT2D eigenvalue weighted by atomic mass is 10.2. The van der Waals surface area contributed by atoms with Gasteiger partial charge >= 0.3 is 10.9 Å². The first-order valence-electron chi connectivity index (χ1n) is 8.00. The molecule has 0 aliphatic carbocycles. The minimum absolute atomic E-state index is 0.290. The third kappa shape index (κ3) is 2.50. The first kappa shape index (κ1) is 16.8. The van der Waals surface area contributed by atoms with Crippen molar-refractivity contribution in [2.75, 3.05) is 0 Å². The van der Waals surface area contributed by atoms with Crippen molar-refractivity contribution in [3.05, 3.63) is 69.3 Å². The van der Waals surface area contributed by atoms with Gasteiger partial charge in [0.1, 0.15) is 0 Å². The number of nitrogens with zero attached hydrogens (tertiary/aromatic N) is 3. The van der Waals surface area contributed by atoms with Crippen LogP contribution in [-0.2, 0) is 0 Å². The fourth-order valence-electron chi connectivity index (χ4n) is 3.12. The zero-order chi connectivity index (χ0) is 18.4. The molecule has 1 amide bonds. The summed E-state index contributed by atoms with van der Waals surface area (Å²) in [7, 11) is -0.801. The van der Waals surface area contributed by atoms with Crippen molar-refractivity contribution in [3.8, 4) is 16.2 Å². The van der Waals surface area contributed by atoms with Crippen LogP contribution in [-0.4, -0.2) is 20.5 Å². The van der Waals surface area contributed by atoms with E-state index in [2.05, 4.69) is 10.1 Å². The largest absolute Gasteiger partial charge is 0.360 e. The highest BCUT2D eigenvalue weighted by molar-refractivity contribution is 7.44. The molecule has 0 radical (unpaired) electrons. The van der Waals surface area contributed by atoms with Crippen LogP contribution >= 0.6 is 22.1 Å². The molecular formula is C19H16ClN4OS+. The summed E-state index contributed by atoms with van der Waals surface area (Å²) >= 11 is 6.79. The highest BCUT2D eigenvalue weighted by Crippen LogP contribution is 2.49. The first-order chi connectivity index (χ1) is 12.5. The van der Waals surface area contributed by atoms with Gasteiger partial charge in [0, 0.05) is 17.3 Å². The number of primary amides is 1. The Balaban J connectivity index is 2.04. The number of carbonyl (C=O) groups excluding carboxylic acids is 1. The van der Waals surface area contributed by atoms with Crippen LogP contribution in [0.5, 0.6) is 0 Å². The second-order valence-electron chi connectivity index (χ2n) is 6.02. The maximum Gasteiger partial charge on any atom is 0.339 e. The molecule has 2 N–H and O–H groups in total. The number of rotatable bonds is 3. The number of pyridine rings is 1. The maximum absolute atomic E-state index is 12.1. The maximum atomic E-state index is 12.1. The van der Waals surface area contributed by atoms with E-state index in [1.807, 2.05) is 56.4 Å². The van der Waals surface area contributed by atoms with E-state index in [1.54, 1.807) is 10.7 Å². The van der Waals surface area contributed by atoms with Crippen molar-refractivity contribution < 1.29 is 4.79 Å². The van der Waals surface area contributed by atoms with Crippen LogP contribution in [0.1, 0.15) is 20.9 Å². The molecule has 26 heavy (non-hydrogen) atoms. The highest BCUT2D eigenvalue weighted by Gasteiger charge is 2.36. The first-order valence-corrected chi connectivity index (χ1v) is 9.61. The molecule has 4 rings (SSSR count). The van der Waals surface area contributed by atoms with Crippen molar-refractivity contribution in [1.82, 2.24) is 14.6 Å². The molecule has 5 nitrogen and oxygen atoms in total. The molecule has 0 fully saturated rings. The minimum atomic E-state index is -0.801. The van der Waals surface area contributed by atoms with Gasteiger partial charge in [-0.25, -0.2) is 4.52 Å². The summed E-state index contributed by atoms with van der Waals surface area (Å²) in [6.07, 6.45) is 3.57. The number of hydrogen-bond donors (Lipinski definition) is 1. The Morgan fingerprint density at radius 2 is 1.88 bits per heavy atom. The predicted molar refractivity (Wildman–Crippen MR) is 105 cm³/mol. The summed E-state index contributed by atoms with van der Waals surface area (Å²) in [6.45, 7) is 4.01. The number of halogens is 1. The quantitative estimate of drug-likeness (QED) is 0.529. The second-order valence-corrected chi connectivity index (χ2v) is 8.44. The SMILES string of the molecule is Cc1cccc(C)c1-[s+]1c(C(N)=O)nc(-c2cnn3ccccc23)c1Cl. The molecule has 0 aliphatic heterocycles. The van der Waals surface area contributed by atoms with Crippen molar-refractivity contribution in [2.24, 2.45) is 5.73 Å². The number of hydrogen-bond acceptors (Lipinski definition) is 3. The highest BCUT2D eigenvalue weighted by atomic mass is 35.5. The van der Waals surface area contributed by atoms with Crippen LogP contribution in [0.2, 0.25) is 4.34 Å². The van der Waals surface area contributed by atoms with E-state index in [4.69, 9.17) is 17.3 Å². The summed E-state index contributed by atoms with van der Waals surface area (Å²) in [4.78, 5) is 17.7. The number of aryl methyl sites for hydroxylation is 2. The number of fused-ring (bicyclic) bond motifs is 1. The van der Waals surface area contributed by atoms with Crippen LogP contribution in [0.3, 0.4) is 0 Å². The fraction of sp³-hybridized carbons (Fsp3) is 0.105. The second kappa shape index (κ2) is 6.23. The zero-order valence-corrected chi connectivity index (χ0v) is 15.8. The van der Waals surface area contributed by atoms with Gasteiger partial charge in [-0.1, -0.05) is 24.3 Å². The van der Waals surface area contributed by atoms with Crippen LogP contribution in [0.15, 0.2) is 48.8 Å². The molecule has 0 aliphatic rings. The van der Waals surface area contributed by atoms with E-state index in [-0.39, 0.29) is 5.01 Å². The van der Waals surface area contributed by atoms with E-state index >= 15 is 0 Å². The summed E-state index contributed by atoms with van der Waals surface area (Å²) < 4.78 is 2.27. The Labute approximate surface area is 158 Å². The lowest BCUT2D eigenvalue weighted by Crippen LogP contribution is -2.11. The molecule has 1 atom stereocenters. The van der Waals surface area contributed by atoms with E-state index in [0.29, 0.717) is 10.0 Å². The zero-order valence-electron chi connectivity index (χ0n) is 14.2. The normalized spacial score (nSPS) is 11.9. The molecule has 4 aromatic rings. The van der Waals surface area contributed by atoms with Crippen LogP contribution in [0.4, 0.5) is 0 Å². The van der Waals surface area contributed by atoms with Crippen LogP contribution < -0.4 is 5.73 Å². The van der Waals surface area contributed by atoms with E-state index < -0.39 is 16.4 Å². The number of thiazole rings is 1. The number of benzene rings is 1. The lowest BCUT2D eigenvalue weighted by molar-refractivity contribution is 0.1000. The van der Waals surface area contributed by atoms with Crippen molar-refractivity contribution in [2.45, 2.75) is 13.8 Å². The van der Waals surface area contributed by atoms with Crippen LogP contribution in [0.25, 0.3) is 21.7 Å². The molecular weight excluding hydrogens is 368 g/mol. The molecule has 3 aromatic heterocycles. The average molecular weight is 384 g/mol. The summed E-state index contributed by atoms with van der Waals surface area (Å²) in [6, 6.07) is 11.8. The number of aromatic nitrogens is 3. The van der Waals surface area contributed by atoms with Gasteiger partial charge in [-0.15, -0.1) is 0 Å². The Morgan fingerprint density at radius 3 is 2.58 bits per heavy atom. The van der Waals surface area contributed by atoms with Gasteiger partial charge in [0.25, 0.3) is 4.34 Å². The van der Waals surface area contributed by atoms with Crippen molar-refractivity contribution >= 4 is 33.5 Å². The number of amides is 1. The topological polar surface area (TPSA) is 73.3 Å². The molecule has 0 saturated carbocycles. The van der Waals surface area contributed by atoms with Gasteiger partial charge in [0.05, 0.1) is 27.7 Å². The van der Waals surface area contributed by atoms with Crippen molar-refractivity contribution in [1.29, 1.82) is 0 Å². The molecule has 1 aromatic carbocycles. The lowest BCUT2D eigenvalue weighted by Gasteiger charge is -2.01. The third-order valence-corrected chi connectivity index (χ3v) is 7.20. The Kier molecular flexibility index (Phi) is 4.01. The van der Waals surface area contributed by atoms with Gasteiger partial charge in [0.15, 0.2) is 10.6 Å². The van der Waals surface area contributed by atoms with Gasteiger partial charge < -0.3 is 5.73 Å². The Bertz CT molecular complexity index is 1140. The summed E-state index contributed by atoms with van der Waals surface area (Å²) in [5, 5.41) is 4.63. The van der Waals surface area contributed by atoms with Gasteiger partial charge in [-0.05, 0) is 37.6 Å². The van der Waals surface area contributed by atoms with Gasteiger partial charge in [-0.2, -0.15) is 10.1 Å². The Hall–Kier alpha value is -2.70. The van der Waals surface area contributed by atoms with Crippen molar-refractivity contribution in [3.63, 3.8) is 0 Å². The molecule has 0 bridgehead atoms. The number of nitrogens with two attached hydrogens (primary N) is 1.